The molecule has 6 nitrogen and oxygen atoms in total. The number of amides is 1. The third-order valence-electron chi connectivity index (χ3n) is 3.43. The van der Waals surface area contributed by atoms with Crippen LogP contribution in [0.1, 0.15) is 58.5 Å². The van der Waals surface area contributed by atoms with Crippen LogP contribution in [0.5, 0.6) is 0 Å². The van der Waals surface area contributed by atoms with E-state index in [-0.39, 0.29) is 5.82 Å². The van der Waals surface area contributed by atoms with Gasteiger partial charge in [-0.25, -0.2) is 9.18 Å². The Kier molecular flexibility index (Phi) is 7.24. The Morgan fingerprint density at radius 2 is 2.00 bits per heavy atom. The number of aromatic nitrogens is 2. The van der Waals surface area contributed by atoms with Crippen LogP contribution in [-0.4, -0.2) is 21.9 Å². The van der Waals surface area contributed by atoms with Crippen molar-refractivity contribution < 1.29 is 18.3 Å². The molecule has 8 heteroatoms. The van der Waals surface area contributed by atoms with Crippen molar-refractivity contribution in [3.63, 3.8) is 0 Å². The Morgan fingerprint density at radius 3 is 2.63 bits per heavy atom. The third-order valence-corrected chi connectivity index (χ3v) is 4.29. The van der Waals surface area contributed by atoms with Gasteiger partial charge >= 0.3 is 6.09 Å². The number of halogens is 1. The van der Waals surface area contributed by atoms with Gasteiger partial charge in [0.15, 0.2) is 0 Å². The average Bonchev–Trinajstić information content (AvgIpc) is 3.00. The van der Waals surface area contributed by atoms with Crippen molar-refractivity contribution in [1.82, 2.24) is 15.5 Å². The van der Waals surface area contributed by atoms with Gasteiger partial charge in [-0.15, -0.1) is 10.2 Å². The summed E-state index contributed by atoms with van der Waals surface area (Å²) in [5.74, 6) is 0.716. The molecular formula is C19H26FN3O3S. The van der Waals surface area contributed by atoms with E-state index in [4.69, 9.17) is 9.15 Å². The summed E-state index contributed by atoms with van der Waals surface area (Å²) in [4.78, 5) is 12.1. The van der Waals surface area contributed by atoms with Crippen LogP contribution in [0.2, 0.25) is 0 Å². The van der Waals surface area contributed by atoms with Crippen LogP contribution >= 0.6 is 11.8 Å². The summed E-state index contributed by atoms with van der Waals surface area (Å²) < 4.78 is 24.7. The van der Waals surface area contributed by atoms with E-state index in [0.717, 1.165) is 0 Å². The molecular weight excluding hydrogens is 369 g/mol. The van der Waals surface area contributed by atoms with Crippen LogP contribution in [0.15, 0.2) is 33.9 Å². The van der Waals surface area contributed by atoms with Crippen LogP contribution in [0.3, 0.4) is 0 Å². The number of hydrogen-bond acceptors (Lipinski definition) is 6. The highest BCUT2D eigenvalue weighted by molar-refractivity contribution is 7.98. The maximum absolute atomic E-state index is 13.7. The molecule has 1 N–H and O–H groups in total. The van der Waals surface area contributed by atoms with Crippen LogP contribution in [0, 0.1) is 11.7 Å². The number of thioether (sulfide) groups is 1. The lowest BCUT2D eigenvalue weighted by Crippen LogP contribution is -2.35. The molecule has 1 heterocycles. The molecule has 0 fully saturated rings. The minimum Gasteiger partial charge on any atom is -0.444 e. The van der Waals surface area contributed by atoms with Crippen molar-refractivity contribution in [1.29, 1.82) is 0 Å². The molecule has 148 valence electrons. The molecule has 2 rings (SSSR count). The molecule has 0 unspecified atom stereocenters. The van der Waals surface area contributed by atoms with Gasteiger partial charge in [-0.3, -0.25) is 0 Å². The van der Waals surface area contributed by atoms with Crippen molar-refractivity contribution in [2.45, 2.75) is 63.7 Å². The third kappa shape index (κ3) is 7.21. The van der Waals surface area contributed by atoms with E-state index in [1.165, 1.54) is 17.8 Å². The van der Waals surface area contributed by atoms with Gasteiger partial charge in [-0.2, -0.15) is 0 Å². The highest BCUT2D eigenvalue weighted by Crippen LogP contribution is 2.27. The minimum absolute atomic E-state index is 0.269. The quantitative estimate of drug-likeness (QED) is 0.656. The summed E-state index contributed by atoms with van der Waals surface area (Å²) in [7, 11) is 0. The first kappa shape index (κ1) is 21.2. The van der Waals surface area contributed by atoms with Crippen LogP contribution in [0.4, 0.5) is 9.18 Å². The van der Waals surface area contributed by atoms with Crippen molar-refractivity contribution in [3.8, 4) is 0 Å². The van der Waals surface area contributed by atoms with Crippen molar-refractivity contribution in [2.24, 2.45) is 5.92 Å². The summed E-state index contributed by atoms with van der Waals surface area (Å²) in [6.07, 6.45) is 0.0886. The Morgan fingerprint density at radius 1 is 1.30 bits per heavy atom. The molecule has 0 aliphatic heterocycles. The standard InChI is InChI=1S/C19H26FN3O3S/c1-12(2)10-15(21-17(24)26-19(3,4)5)16-22-23-18(25-16)27-11-13-8-6-7-9-14(13)20/h6-9,12,15H,10-11H2,1-5H3,(H,21,24)/t15-/m1/s1. The Labute approximate surface area is 163 Å². The van der Waals surface area contributed by atoms with Gasteiger partial charge in [-0.05, 0) is 44.7 Å². The second-order valence-electron chi connectivity index (χ2n) is 7.61. The number of benzene rings is 1. The zero-order valence-electron chi connectivity index (χ0n) is 16.3. The van der Waals surface area contributed by atoms with Crippen LogP contribution in [-0.2, 0) is 10.5 Å². The summed E-state index contributed by atoms with van der Waals surface area (Å²) in [6, 6.07) is 6.11. The summed E-state index contributed by atoms with van der Waals surface area (Å²) in [6.45, 7) is 9.47. The van der Waals surface area contributed by atoms with E-state index in [0.29, 0.717) is 34.8 Å². The number of carbonyl (C=O) groups excluding carboxylic acids is 1. The van der Waals surface area contributed by atoms with Gasteiger partial charge < -0.3 is 14.5 Å². The summed E-state index contributed by atoms with van der Waals surface area (Å²) in [5.41, 5.74) is -0.0323. The number of nitrogens with one attached hydrogen (secondary N) is 1. The first-order valence-corrected chi connectivity index (χ1v) is 9.81. The summed E-state index contributed by atoms with van der Waals surface area (Å²) in [5, 5.41) is 11.2. The van der Waals surface area contributed by atoms with Gasteiger partial charge in [0.1, 0.15) is 17.5 Å². The number of carbonyl (C=O) groups is 1. The summed E-state index contributed by atoms with van der Waals surface area (Å²) >= 11 is 1.25. The normalized spacial score (nSPS) is 12.9. The van der Waals surface area contributed by atoms with Gasteiger partial charge in [0, 0.05) is 5.75 Å². The fourth-order valence-electron chi connectivity index (χ4n) is 2.32. The van der Waals surface area contributed by atoms with E-state index in [1.807, 2.05) is 13.8 Å². The van der Waals surface area contributed by atoms with Crippen molar-refractivity contribution >= 4 is 17.9 Å². The van der Waals surface area contributed by atoms with E-state index < -0.39 is 17.7 Å². The minimum atomic E-state index is -0.595. The van der Waals surface area contributed by atoms with Gasteiger partial charge in [0.2, 0.25) is 5.89 Å². The fourth-order valence-corrected chi connectivity index (χ4v) is 3.07. The van der Waals surface area contributed by atoms with Gasteiger partial charge in [0.25, 0.3) is 5.22 Å². The predicted octanol–water partition coefficient (Wildman–Crippen LogP) is 5.11. The van der Waals surface area contributed by atoms with E-state index in [2.05, 4.69) is 15.5 Å². The lowest BCUT2D eigenvalue weighted by Gasteiger charge is -2.22. The molecule has 0 radical (unpaired) electrons. The first-order valence-electron chi connectivity index (χ1n) is 8.83. The average molecular weight is 396 g/mol. The second kappa shape index (κ2) is 9.21. The molecule has 0 spiro atoms. The Hall–Kier alpha value is -2.09. The lowest BCUT2D eigenvalue weighted by molar-refractivity contribution is 0.0487. The molecule has 0 saturated heterocycles. The zero-order valence-corrected chi connectivity index (χ0v) is 17.1. The fraction of sp³-hybridized carbons (Fsp3) is 0.526. The van der Waals surface area contributed by atoms with Crippen molar-refractivity contribution in [2.75, 3.05) is 0 Å². The number of rotatable bonds is 7. The van der Waals surface area contributed by atoms with E-state index in [9.17, 15) is 9.18 Å². The largest absolute Gasteiger partial charge is 0.444 e. The number of nitrogens with zero attached hydrogens (tertiary/aromatic N) is 2. The number of hydrogen-bond donors (Lipinski definition) is 1. The van der Waals surface area contributed by atoms with Crippen LogP contribution < -0.4 is 5.32 Å². The zero-order chi connectivity index (χ0) is 20.0. The maximum atomic E-state index is 13.7. The molecule has 0 aliphatic carbocycles. The SMILES string of the molecule is CC(C)C[C@@H](NC(=O)OC(C)(C)C)c1nnc(SCc2ccccc2F)o1. The van der Waals surface area contributed by atoms with Crippen LogP contribution in [0.25, 0.3) is 0 Å². The van der Waals surface area contributed by atoms with E-state index >= 15 is 0 Å². The molecule has 27 heavy (non-hydrogen) atoms. The highest BCUT2D eigenvalue weighted by atomic mass is 32.2. The van der Waals surface area contributed by atoms with Gasteiger partial charge in [-0.1, -0.05) is 43.8 Å². The molecule has 0 aliphatic rings. The van der Waals surface area contributed by atoms with E-state index in [1.54, 1.807) is 39.0 Å². The predicted molar refractivity (Wildman–Crippen MR) is 102 cm³/mol. The molecule has 2 aromatic rings. The highest BCUT2D eigenvalue weighted by Gasteiger charge is 2.25. The van der Waals surface area contributed by atoms with Crippen molar-refractivity contribution in [3.05, 3.63) is 41.5 Å². The molecule has 1 amide bonds. The Balaban J connectivity index is 2.04. The molecule has 0 saturated carbocycles. The molecule has 1 atom stereocenters. The topological polar surface area (TPSA) is 77.2 Å². The second-order valence-corrected chi connectivity index (χ2v) is 8.54. The maximum Gasteiger partial charge on any atom is 0.408 e. The van der Waals surface area contributed by atoms with Gasteiger partial charge in [0.05, 0.1) is 0 Å². The monoisotopic (exact) mass is 395 g/mol. The molecule has 0 bridgehead atoms. The number of ether oxygens (including phenoxy) is 1. The smallest absolute Gasteiger partial charge is 0.408 e. The molecule has 1 aromatic carbocycles. The number of alkyl carbamates (subject to hydrolysis) is 1. The lowest BCUT2D eigenvalue weighted by atomic mass is 10.0. The first-order chi connectivity index (χ1) is 12.6. The molecule has 1 aromatic heterocycles. The Bertz CT molecular complexity index is 759.